The number of Topliss-reactive ketones (excluding diaryl/α,β-unsaturated/α-hetero) is 1. The van der Waals surface area contributed by atoms with Crippen molar-refractivity contribution in [1.29, 1.82) is 0 Å². The largest absolute Gasteiger partial charge is 0.507 e. The summed E-state index contributed by atoms with van der Waals surface area (Å²) in [4.78, 5) is 40.9. The van der Waals surface area contributed by atoms with E-state index in [1.807, 2.05) is 0 Å². The average molecular weight is 540 g/mol. The maximum absolute atomic E-state index is 13.3. The Hall–Kier alpha value is -3.92. The standard InChI is InChI=1S/C29H37N3O7/c1-4-6-15-30(16-7-5-2)17-8-18-31-26(21-11-14-23(33)24(19-21)39-3)25(28(35)29(31)36)27(34)20-9-12-22(13-10-20)32(37)38/h9-14,19,26,33-34H,4-8,15-18H2,1-3H3/t26-/m1/s1. The van der Waals surface area contributed by atoms with Gasteiger partial charge in [0.25, 0.3) is 17.4 Å². The third-order valence-electron chi connectivity index (χ3n) is 6.94. The molecule has 1 aliphatic heterocycles. The number of hydrogen-bond donors (Lipinski definition) is 2. The molecule has 2 aromatic rings. The van der Waals surface area contributed by atoms with E-state index in [4.69, 9.17) is 4.74 Å². The smallest absolute Gasteiger partial charge is 0.295 e. The van der Waals surface area contributed by atoms with Crippen LogP contribution in [-0.4, -0.2) is 69.9 Å². The van der Waals surface area contributed by atoms with Gasteiger partial charge in [-0.2, -0.15) is 0 Å². The fourth-order valence-corrected chi connectivity index (χ4v) is 4.78. The van der Waals surface area contributed by atoms with E-state index in [2.05, 4.69) is 18.7 Å². The van der Waals surface area contributed by atoms with E-state index in [-0.39, 0.29) is 34.9 Å². The molecule has 1 fully saturated rings. The topological polar surface area (TPSA) is 133 Å². The van der Waals surface area contributed by atoms with E-state index < -0.39 is 28.4 Å². The number of rotatable bonds is 14. The number of phenols is 1. The lowest BCUT2D eigenvalue weighted by Gasteiger charge is -2.27. The minimum Gasteiger partial charge on any atom is -0.507 e. The average Bonchev–Trinajstić information content (AvgIpc) is 3.19. The minimum atomic E-state index is -0.922. The van der Waals surface area contributed by atoms with E-state index >= 15 is 0 Å². The summed E-state index contributed by atoms with van der Waals surface area (Å²) in [5.41, 5.74) is 0.388. The van der Waals surface area contributed by atoms with Crippen LogP contribution < -0.4 is 4.74 Å². The summed E-state index contributed by atoms with van der Waals surface area (Å²) in [7, 11) is 1.40. The van der Waals surface area contributed by atoms with Crippen LogP contribution in [0.1, 0.15) is 63.1 Å². The van der Waals surface area contributed by atoms with Crippen molar-refractivity contribution in [3.63, 3.8) is 0 Å². The first-order valence-corrected chi connectivity index (χ1v) is 13.4. The number of nitrogens with zero attached hydrogens (tertiary/aromatic N) is 3. The number of ether oxygens (including phenoxy) is 1. The van der Waals surface area contributed by atoms with Crippen LogP contribution in [0.15, 0.2) is 48.0 Å². The third kappa shape index (κ3) is 6.94. The van der Waals surface area contributed by atoms with Gasteiger partial charge in [0.1, 0.15) is 5.76 Å². The number of aromatic hydroxyl groups is 1. The van der Waals surface area contributed by atoms with Gasteiger partial charge in [-0.1, -0.05) is 32.8 Å². The van der Waals surface area contributed by atoms with Crippen molar-refractivity contribution in [3.8, 4) is 11.5 Å². The molecule has 0 unspecified atom stereocenters. The number of nitro benzene ring substituents is 1. The summed E-state index contributed by atoms with van der Waals surface area (Å²) in [6.45, 7) is 7.27. The molecule has 0 radical (unpaired) electrons. The van der Waals surface area contributed by atoms with Crippen LogP contribution >= 0.6 is 0 Å². The Kier molecular flexibility index (Phi) is 10.4. The van der Waals surface area contributed by atoms with Crippen LogP contribution in [0.25, 0.3) is 5.76 Å². The predicted molar refractivity (Wildman–Crippen MR) is 148 cm³/mol. The highest BCUT2D eigenvalue weighted by Gasteiger charge is 2.46. The lowest BCUT2D eigenvalue weighted by molar-refractivity contribution is -0.384. The minimum absolute atomic E-state index is 0.101. The van der Waals surface area contributed by atoms with Gasteiger partial charge >= 0.3 is 0 Å². The van der Waals surface area contributed by atoms with Crippen LogP contribution in [0, 0.1) is 10.1 Å². The van der Waals surface area contributed by atoms with E-state index in [0.717, 1.165) is 45.3 Å². The SMILES string of the molecule is CCCCN(CCCC)CCCN1C(=O)C(=O)C(=C(O)c2ccc([N+](=O)[O-])cc2)[C@H]1c1ccc(O)c(OC)c1. The van der Waals surface area contributed by atoms with Crippen molar-refractivity contribution in [1.82, 2.24) is 9.80 Å². The highest BCUT2D eigenvalue weighted by Crippen LogP contribution is 2.42. The number of methoxy groups -OCH3 is 1. The lowest BCUT2D eigenvalue weighted by Crippen LogP contribution is -2.34. The van der Waals surface area contributed by atoms with Crippen molar-refractivity contribution >= 4 is 23.1 Å². The normalized spacial score (nSPS) is 16.7. The highest BCUT2D eigenvalue weighted by molar-refractivity contribution is 6.46. The zero-order valence-corrected chi connectivity index (χ0v) is 22.8. The zero-order valence-electron chi connectivity index (χ0n) is 22.8. The van der Waals surface area contributed by atoms with Crippen LogP contribution in [0.4, 0.5) is 5.69 Å². The van der Waals surface area contributed by atoms with E-state index in [0.29, 0.717) is 12.0 Å². The van der Waals surface area contributed by atoms with Crippen molar-refractivity contribution < 1.29 is 29.5 Å². The number of phenolic OH excluding ortho intramolecular Hbond substituents is 1. The number of carbonyl (C=O) groups is 2. The monoisotopic (exact) mass is 539 g/mol. The molecule has 10 nitrogen and oxygen atoms in total. The number of unbranched alkanes of at least 4 members (excludes halogenated alkanes) is 2. The van der Waals surface area contributed by atoms with E-state index in [1.54, 1.807) is 6.07 Å². The van der Waals surface area contributed by atoms with E-state index in [9.17, 15) is 29.9 Å². The molecule has 3 rings (SSSR count). The molecule has 2 N–H and O–H groups in total. The zero-order chi connectivity index (χ0) is 28.5. The van der Waals surface area contributed by atoms with Gasteiger partial charge in [0.05, 0.1) is 23.6 Å². The summed E-state index contributed by atoms with van der Waals surface area (Å²) < 4.78 is 5.25. The molecule has 2 aromatic carbocycles. The number of hydrogen-bond acceptors (Lipinski definition) is 8. The number of carbonyl (C=O) groups excluding carboxylic acids is 2. The highest BCUT2D eigenvalue weighted by atomic mass is 16.6. The second kappa shape index (κ2) is 13.7. The number of non-ortho nitro benzene ring substituents is 1. The van der Waals surface area contributed by atoms with Crippen molar-refractivity contribution in [2.45, 2.75) is 52.0 Å². The Bertz CT molecular complexity index is 1200. The first-order valence-electron chi connectivity index (χ1n) is 13.4. The molecule has 10 heteroatoms. The third-order valence-corrected chi connectivity index (χ3v) is 6.94. The fraction of sp³-hybridized carbons (Fsp3) is 0.448. The fourth-order valence-electron chi connectivity index (χ4n) is 4.78. The van der Waals surface area contributed by atoms with Crippen LogP contribution in [-0.2, 0) is 9.59 Å². The molecule has 0 spiro atoms. The lowest BCUT2D eigenvalue weighted by atomic mass is 9.95. The second-order valence-electron chi connectivity index (χ2n) is 9.63. The van der Waals surface area contributed by atoms with Crippen molar-refractivity contribution in [2.75, 3.05) is 33.3 Å². The summed E-state index contributed by atoms with van der Waals surface area (Å²) in [5, 5.41) is 32.4. The first kappa shape index (κ1) is 29.6. The predicted octanol–water partition coefficient (Wildman–Crippen LogP) is 5.02. The molecule has 1 amide bonds. The Morgan fingerprint density at radius 3 is 2.21 bits per heavy atom. The Morgan fingerprint density at radius 2 is 1.64 bits per heavy atom. The van der Waals surface area contributed by atoms with Gasteiger partial charge in [0.2, 0.25) is 0 Å². The van der Waals surface area contributed by atoms with E-state index in [1.165, 1.54) is 48.4 Å². The second-order valence-corrected chi connectivity index (χ2v) is 9.63. The van der Waals surface area contributed by atoms with Gasteiger partial charge in [0, 0.05) is 24.2 Å². The number of aliphatic hydroxyl groups is 1. The number of benzene rings is 2. The number of amides is 1. The molecule has 0 saturated carbocycles. The Morgan fingerprint density at radius 1 is 1.03 bits per heavy atom. The molecule has 0 bridgehead atoms. The maximum Gasteiger partial charge on any atom is 0.295 e. The first-order chi connectivity index (χ1) is 18.7. The molecule has 0 aliphatic carbocycles. The van der Waals surface area contributed by atoms with Gasteiger partial charge in [-0.3, -0.25) is 19.7 Å². The summed E-state index contributed by atoms with van der Waals surface area (Å²) in [5.74, 6) is -1.93. The van der Waals surface area contributed by atoms with Gasteiger partial charge < -0.3 is 24.7 Å². The number of ketones is 1. The molecule has 1 heterocycles. The molecule has 39 heavy (non-hydrogen) atoms. The van der Waals surface area contributed by atoms with Gasteiger partial charge in [-0.05, 0) is 68.7 Å². The molecule has 1 atom stereocenters. The molecule has 1 aliphatic rings. The quantitative estimate of drug-likeness (QED) is 0.112. The number of likely N-dealkylation sites (tertiary alicyclic amines) is 1. The molecule has 0 aromatic heterocycles. The molecule has 1 saturated heterocycles. The molecule has 210 valence electrons. The van der Waals surface area contributed by atoms with Crippen LogP contribution in [0.5, 0.6) is 11.5 Å². The molecular formula is C29H37N3O7. The van der Waals surface area contributed by atoms with Gasteiger partial charge in [-0.25, -0.2) is 0 Å². The van der Waals surface area contributed by atoms with Gasteiger partial charge in [-0.15, -0.1) is 0 Å². The maximum atomic E-state index is 13.3. The number of aliphatic hydroxyl groups excluding tert-OH is 1. The number of nitro groups is 1. The van der Waals surface area contributed by atoms with Gasteiger partial charge in [0.15, 0.2) is 11.5 Å². The Labute approximate surface area is 228 Å². The van der Waals surface area contributed by atoms with Crippen LogP contribution in [0.3, 0.4) is 0 Å². The van der Waals surface area contributed by atoms with Crippen LogP contribution in [0.2, 0.25) is 0 Å². The van der Waals surface area contributed by atoms with Crippen molar-refractivity contribution in [3.05, 3.63) is 69.3 Å². The van der Waals surface area contributed by atoms with Crippen molar-refractivity contribution in [2.24, 2.45) is 0 Å². The summed E-state index contributed by atoms with van der Waals surface area (Å²) in [6, 6.07) is 8.75. The Balaban J connectivity index is 1.98. The summed E-state index contributed by atoms with van der Waals surface area (Å²) in [6.07, 6.45) is 4.96. The summed E-state index contributed by atoms with van der Waals surface area (Å²) >= 11 is 0. The molecular weight excluding hydrogens is 502 g/mol.